The van der Waals surface area contributed by atoms with Gasteiger partial charge in [0.1, 0.15) is 0 Å². The van der Waals surface area contributed by atoms with Gasteiger partial charge in [0.05, 0.1) is 6.10 Å². The fraction of sp³-hybridized carbons (Fsp3) is 1.00. The Morgan fingerprint density at radius 1 is 1.05 bits per heavy atom. The lowest BCUT2D eigenvalue weighted by Gasteiger charge is -2.22. The maximum atomic E-state index is 5.94. The molecule has 0 saturated heterocycles. The molecular formula is C17H35NO. The molecule has 1 fully saturated rings. The lowest BCUT2D eigenvalue weighted by atomic mass is 9.98. The minimum absolute atomic E-state index is 0.570. The number of ether oxygens (including phenoxy) is 1. The highest BCUT2D eigenvalue weighted by atomic mass is 16.5. The molecular weight excluding hydrogens is 234 g/mol. The maximum Gasteiger partial charge on any atom is 0.0575 e. The summed E-state index contributed by atoms with van der Waals surface area (Å²) in [5.74, 6) is 0. The van der Waals surface area contributed by atoms with E-state index < -0.39 is 0 Å². The van der Waals surface area contributed by atoms with Crippen molar-refractivity contribution >= 4 is 0 Å². The quantitative estimate of drug-likeness (QED) is 0.550. The van der Waals surface area contributed by atoms with E-state index in [1.54, 1.807) is 0 Å². The predicted molar refractivity (Wildman–Crippen MR) is 83.7 cm³/mol. The molecule has 0 aromatic rings. The summed E-state index contributed by atoms with van der Waals surface area (Å²) >= 11 is 0. The Morgan fingerprint density at radius 3 is 2.58 bits per heavy atom. The largest absolute Gasteiger partial charge is 0.378 e. The second-order valence-corrected chi connectivity index (χ2v) is 6.19. The van der Waals surface area contributed by atoms with E-state index in [0.717, 1.165) is 19.6 Å². The first-order chi connectivity index (χ1) is 9.33. The summed E-state index contributed by atoms with van der Waals surface area (Å²) in [4.78, 5) is 0. The van der Waals surface area contributed by atoms with E-state index in [9.17, 15) is 0 Å². The molecule has 0 amide bonds. The van der Waals surface area contributed by atoms with Crippen LogP contribution in [0.15, 0.2) is 0 Å². The second-order valence-electron chi connectivity index (χ2n) is 6.19. The first kappa shape index (κ1) is 17.0. The van der Waals surface area contributed by atoms with Crippen LogP contribution in [-0.2, 0) is 4.74 Å². The summed E-state index contributed by atoms with van der Waals surface area (Å²) < 4.78 is 5.94. The van der Waals surface area contributed by atoms with Crippen molar-refractivity contribution in [3.63, 3.8) is 0 Å². The van der Waals surface area contributed by atoms with Crippen molar-refractivity contribution in [1.82, 2.24) is 5.32 Å². The summed E-state index contributed by atoms with van der Waals surface area (Å²) in [6, 6.07) is 0.673. The van der Waals surface area contributed by atoms with E-state index in [1.807, 2.05) is 0 Å². The monoisotopic (exact) mass is 269 g/mol. The van der Waals surface area contributed by atoms with E-state index >= 15 is 0 Å². The molecule has 19 heavy (non-hydrogen) atoms. The third kappa shape index (κ3) is 9.45. The molecule has 1 saturated carbocycles. The van der Waals surface area contributed by atoms with Gasteiger partial charge in [-0.15, -0.1) is 0 Å². The van der Waals surface area contributed by atoms with Gasteiger partial charge in [0.15, 0.2) is 0 Å². The van der Waals surface area contributed by atoms with E-state index in [-0.39, 0.29) is 0 Å². The van der Waals surface area contributed by atoms with Gasteiger partial charge in [-0.25, -0.2) is 0 Å². The van der Waals surface area contributed by atoms with Crippen LogP contribution in [0.1, 0.15) is 84.5 Å². The van der Waals surface area contributed by atoms with Gasteiger partial charge >= 0.3 is 0 Å². The minimum Gasteiger partial charge on any atom is -0.378 e. The molecule has 1 aliphatic rings. The van der Waals surface area contributed by atoms with E-state index in [1.165, 1.54) is 64.2 Å². The maximum absolute atomic E-state index is 5.94. The third-order valence-corrected chi connectivity index (χ3v) is 4.21. The summed E-state index contributed by atoms with van der Waals surface area (Å²) in [5.41, 5.74) is 0. The minimum atomic E-state index is 0.570. The number of hydrogen-bond donors (Lipinski definition) is 1. The van der Waals surface area contributed by atoms with Crippen LogP contribution in [0.25, 0.3) is 0 Å². The standard InChI is InChI=1S/C17H35NO/c1-3-4-5-7-11-16(2)18-14-10-15-19-17-12-8-6-9-13-17/h16-18H,3-15H2,1-2H3. The van der Waals surface area contributed by atoms with Crippen molar-refractivity contribution in [1.29, 1.82) is 0 Å². The van der Waals surface area contributed by atoms with Crippen molar-refractivity contribution in [2.24, 2.45) is 0 Å². The molecule has 1 aliphatic carbocycles. The highest BCUT2D eigenvalue weighted by molar-refractivity contribution is 4.65. The molecule has 0 bridgehead atoms. The van der Waals surface area contributed by atoms with E-state index in [0.29, 0.717) is 12.1 Å². The van der Waals surface area contributed by atoms with Gasteiger partial charge < -0.3 is 10.1 Å². The average molecular weight is 269 g/mol. The van der Waals surface area contributed by atoms with Crippen molar-refractivity contribution < 1.29 is 4.74 Å². The van der Waals surface area contributed by atoms with Crippen LogP contribution < -0.4 is 5.32 Å². The number of hydrogen-bond acceptors (Lipinski definition) is 2. The Balaban J connectivity index is 1.83. The predicted octanol–water partition coefficient (Wildman–Crippen LogP) is 4.67. The molecule has 1 unspecified atom stereocenters. The smallest absolute Gasteiger partial charge is 0.0575 e. The normalized spacial score (nSPS) is 18.6. The molecule has 0 heterocycles. The number of nitrogens with one attached hydrogen (secondary N) is 1. The zero-order valence-electron chi connectivity index (χ0n) is 13.3. The third-order valence-electron chi connectivity index (χ3n) is 4.21. The Labute approximate surface area is 120 Å². The molecule has 0 aromatic carbocycles. The molecule has 0 radical (unpaired) electrons. The summed E-state index contributed by atoms with van der Waals surface area (Å²) in [6.07, 6.45) is 15.3. The zero-order valence-corrected chi connectivity index (χ0v) is 13.3. The molecule has 2 nitrogen and oxygen atoms in total. The van der Waals surface area contributed by atoms with Gasteiger partial charge in [0.2, 0.25) is 0 Å². The highest BCUT2D eigenvalue weighted by Gasteiger charge is 2.12. The Bertz CT molecular complexity index is 190. The van der Waals surface area contributed by atoms with Crippen LogP contribution in [0.4, 0.5) is 0 Å². The van der Waals surface area contributed by atoms with Crippen LogP contribution in [-0.4, -0.2) is 25.3 Å². The van der Waals surface area contributed by atoms with Crippen LogP contribution in [0.2, 0.25) is 0 Å². The van der Waals surface area contributed by atoms with Gasteiger partial charge in [-0.05, 0) is 39.2 Å². The first-order valence-electron chi connectivity index (χ1n) is 8.68. The topological polar surface area (TPSA) is 21.3 Å². The van der Waals surface area contributed by atoms with E-state index in [4.69, 9.17) is 4.74 Å². The molecule has 0 aliphatic heterocycles. The van der Waals surface area contributed by atoms with Crippen molar-refractivity contribution in [3.05, 3.63) is 0 Å². The summed E-state index contributed by atoms with van der Waals surface area (Å²) in [5, 5.41) is 3.62. The van der Waals surface area contributed by atoms with Gasteiger partial charge in [0.25, 0.3) is 0 Å². The van der Waals surface area contributed by atoms with Crippen molar-refractivity contribution in [3.8, 4) is 0 Å². The molecule has 2 heteroatoms. The zero-order chi connectivity index (χ0) is 13.8. The molecule has 114 valence electrons. The Morgan fingerprint density at radius 2 is 1.84 bits per heavy atom. The number of unbranched alkanes of at least 4 members (excludes halogenated alkanes) is 3. The second kappa shape index (κ2) is 11.7. The van der Waals surface area contributed by atoms with Gasteiger partial charge in [0, 0.05) is 12.6 Å². The van der Waals surface area contributed by atoms with Crippen molar-refractivity contribution in [2.45, 2.75) is 96.6 Å². The fourth-order valence-electron chi connectivity index (χ4n) is 2.88. The Kier molecular flexibility index (Phi) is 10.5. The highest BCUT2D eigenvalue weighted by Crippen LogP contribution is 2.20. The first-order valence-corrected chi connectivity index (χ1v) is 8.68. The Hall–Kier alpha value is -0.0800. The number of rotatable bonds is 11. The van der Waals surface area contributed by atoms with Crippen LogP contribution in [0, 0.1) is 0 Å². The summed E-state index contributed by atoms with van der Waals surface area (Å²) in [6.45, 7) is 6.64. The summed E-state index contributed by atoms with van der Waals surface area (Å²) in [7, 11) is 0. The van der Waals surface area contributed by atoms with Crippen molar-refractivity contribution in [2.75, 3.05) is 13.2 Å². The molecule has 0 aromatic heterocycles. The van der Waals surface area contributed by atoms with Crippen LogP contribution in [0.3, 0.4) is 0 Å². The lowest BCUT2D eigenvalue weighted by molar-refractivity contribution is 0.0271. The lowest BCUT2D eigenvalue weighted by Crippen LogP contribution is -2.28. The molecule has 1 N–H and O–H groups in total. The van der Waals surface area contributed by atoms with Crippen LogP contribution >= 0.6 is 0 Å². The fourth-order valence-corrected chi connectivity index (χ4v) is 2.88. The van der Waals surface area contributed by atoms with E-state index in [2.05, 4.69) is 19.2 Å². The van der Waals surface area contributed by atoms with Gasteiger partial charge in [-0.2, -0.15) is 0 Å². The van der Waals surface area contributed by atoms with Crippen LogP contribution in [0.5, 0.6) is 0 Å². The average Bonchev–Trinajstić information content (AvgIpc) is 2.44. The molecule has 0 spiro atoms. The van der Waals surface area contributed by atoms with Gasteiger partial charge in [-0.1, -0.05) is 51.9 Å². The van der Waals surface area contributed by atoms with Gasteiger partial charge in [-0.3, -0.25) is 0 Å². The SMILES string of the molecule is CCCCCCC(C)NCCCOC1CCCCC1. The molecule has 1 rings (SSSR count). The molecule has 1 atom stereocenters.